The largest absolute Gasteiger partial charge is 0.469 e. The SMILES string of the molecule is OCC1(CNC2CCCc3occc32)CC1. The van der Waals surface area contributed by atoms with Gasteiger partial charge in [0, 0.05) is 36.6 Å². The molecule has 0 aromatic carbocycles. The van der Waals surface area contributed by atoms with Crippen molar-refractivity contribution in [2.75, 3.05) is 13.2 Å². The van der Waals surface area contributed by atoms with E-state index in [-0.39, 0.29) is 5.41 Å². The topological polar surface area (TPSA) is 45.4 Å². The summed E-state index contributed by atoms with van der Waals surface area (Å²) in [6.45, 7) is 1.27. The van der Waals surface area contributed by atoms with Crippen LogP contribution >= 0.6 is 0 Å². The van der Waals surface area contributed by atoms with Crippen molar-refractivity contribution < 1.29 is 9.52 Å². The monoisotopic (exact) mass is 221 g/mol. The van der Waals surface area contributed by atoms with Crippen molar-refractivity contribution in [1.82, 2.24) is 5.32 Å². The lowest BCUT2D eigenvalue weighted by Gasteiger charge is -2.25. The Morgan fingerprint density at radius 1 is 1.50 bits per heavy atom. The Hall–Kier alpha value is -0.800. The first-order valence-corrected chi connectivity index (χ1v) is 6.23. The molecule has 3 heteroatoms. The predicted molar refractivity (Wildman–Crippen MR) is 61.1 cm³/mol. The Balaban J connectivity index is 1.64. The molecule has 1 fully saturated rings. The molecule has 1 heterocycles. The maximum Gasteiger partial charge on any atom is 0.108 e. The first-order chi connectivity index (χ1) is 7.83. The molecule has 1 unspecified atom stereocenters. The van der Waals surface area contributed by atoms with Gasteiger partial charge in [-0.05, 0) is 31.7 Å². The van der Waals surface area contributed by atoms with Crippen molar-refractivity contribution in [3.05, 3.63) is 23.7 Å². The van der Waals surface area contributed by atoms with E-state index in [4.69, 9.17) is 4.42 Å². The standard InChI is InChI=1S/C13H19NO2/c15-9-13(5-6-13)8-14-11-2-1-3-12-10(11)4-7-16-12/h4,7,11,14-15H,1-3,5-6,8-9H2. The van der Waals surface area contributed by atoms with Crippen molar-refractivity contribution in [3.8, 4) is 0 Å². The highest BCUT2D eigenvalue weighted by molar-refractivity contribution is 5.24. The van der Waals surface area contributed by atoms with Crippen LogP contribution in [0.5, 0.6) is 0 Å². The summed E-state index contributed by atoms with van der Waals surface area (Å²) in [6, 6.07) is 2.52. The number of aliphatic hydroxyl groups is 1. The van der Waals surface area contributed by atoms with E-state index in [9.17, 15) is 5.11 Å². The van der Waals surface area contributed by atoms with E-state index >= 15 is 0 Å². The Bertz CT molecular complexity index is 368. The van der Waals surface area contributed by atoms with Crippen LogP contribution in [0.2, 0.25) is 0 Å². The normalized spacial score (nSPS) is 26.4. The second kappa shape index (κ2) is 3.90. The summed E-state index contributed by atoms with van der Waals surface area (Å²) in [4.78, 5) is 0. The third kappa shape index (κ3) is 1.78. The van der Waals surface area contributed by atoms with Crippen LogP contribution in [0.1, 0.15) is 43.0 Å². The molecule has 16 heavy (non-hydrogen) atoms. The molecule has 1 saturated carbocycles. The molecule has 0 bridgehead atoms. The van der Waals surface area contributed by atoms with Crippen LogP contribution in [0.15, 0.2) is 16.7 Å². The number of rotatable bonds is 4. The van der Waals surface area contributed by atoms with Gasteiger partial charge in [0.05, 0.1) is 6.26 Å². The minimum absolute atomic E-state index is 0.196. The van der Waals surface area contributed by atoms with Crippen molar-refractivity contribution in [2.45, 2.75) is 38.1 Å². The quantitative estimate of drug-likeness (QED) is 0.817. The number of hydrogen-bond donors (Lipinski definition) is 2. The predicted octanol–water partition coefficient (Wildman–Crippen LogP) is 2.02. The summed E-state index contributed by atoms with van der Waals surface area (Å²) in [5, 5.41) is 12.9. The number of nitrogens with one attached hydrogen (secondary N) is 1. The van der Waals surface area contributed by atoms with Gasteiger partial charge in [0.15, 0.2) is 0 Å². The zero-order chi connectivity index (χ0) is 11.0. The molecule has 1 atom stereocenters. The van der Waals surface area contributed by atoms with E-state index in [1.165, 1.54) is 31.2 Å². The van der Waals surface area contributed by atoms with Gasteiger partial charge in [-0.15, -0.1) is 0 Å². The van der Waals surface area contributed by atoms with Gasteiger partial charge >= 0.3 is 0 Å². The van der Waals surface area contributed by atoms with Crippen LogP contribution in [-0.2, 0) is 6.42 Å². The van der Waals surface area contributed by atoms with Crippen LogP contribution < -0.4 is 5.32 Å². The molecule has 0 saturated heterocycles. The van der Waals surface area contributed by atoms with Gasteiger partial charge in [-0.2, -0.15) is 0 Å². The Morgan fingerprint density at radius 2 is 2.38 bits per heavy atom. The first kappa shape index (κ1) is 10.4. The summed E-state index contributed by atoms with van der Waals surface area (Å²) in [5.41, 5.74) is 1.53. The Kier molecular flexibility index (Phi) is 2.52. The van der Waals surface area contributed by atoms with E-state index in [2.05, 4.69) is 11.4 Å². The number of aryl methyl sites for hydroxylation is 1. The summed E-state index contributed by atoms with van der Waals surface area (Å²) < 4.78 is 5.47. The lowest BCUT2D eigenvalue weighted by molar-refractivity contribution is 0.202. The molecule has 2 aliphatic rings. The lowest BCUT2D eigenvalue weighted by Crippen LogP contribution is -2.31. The molecule has 2 N–H and O–H groups in total. The molecule has 88 valence electrons. The molecule has 1 aromatic rings. The van der Waals surface area contributed by atoms with Gasteiger partial charge in [-0.1, -0.05) is 0 Å². The van der Waals surface area contributed by atoms with Crippen LogP contribution in [-0.4, -0.2) is 18.3 Å². The number of furan rings is 1. The summed E-state index contributed by atoms with van der Waals surface area (Å²) >= 11 is 0. The zero-order valence-electron chi connectivity index (χ0n) is 9.54. The minimum Gasteiger partial charge on any atom is -0.469 e. The average Bonchev–Trinajstić information content (AvgIpc) is 2.94. The maximum absolute atomic E-state index is 9.28. The molecule has 0 spiro atoms. The molecule has 3 rings (SSSR count). The zero-order valence-corrected chi connectivity index (χ0v) is 9.54. The summed E-state index contributed by atoms with van der Waals surface area (Å²) in [5.74, 6) is 1.15. The smallest absolute Gasteiger partial charge is 0.108 e. The molecule has 1 aromatic heterocycles. The van der Waals surface area contributed by atoms with E-state index in [0.717, 1.165) is 18.7 Å². The first-order valence-electron chi connectivity index (χ1n) is 6.23. The van der Waals surface area contributed by atoms with E-state index in [0.29, 0.717) is 12.6 Å². The average molecular weight is 221 g/mol. The lowest BCUT2D eigenvalue weighted by atomic mass is 9.93. The molecule has 3 nitrogen and oxygen atoms in total. The van der Waals surface area contributed by atoms with Crippen LogP contribution in [0, 0.1) is 5.41 Å². The highest BCUT2D eigenvalue weighted by Crippen LogP contribution is 2.45. The van der Waals surface area contributed by atoms with Gasteiger partial charge in [0.1, 0.15) is 5.76 Å². The highest BCUT2D eigenvalue weighted by Gasteiger charge is 2.42. The van der Waals surface area contributed by atoms with E-state index in [1.807, 2.05) is 0 Å². The number of aliphatic hydroxyl groups excluding tert-OH is 1. The third-order valence-corrected chi connectivity index (χ3v) is 4.07. The fourth-order valence-electron chi connectivity index (χ4n) is 2.61. The van der Waals surface area contributed by atoms with Crippen LogP contribution in [0.4, 0.5) is 0 Å². The van der Waals surface area contributed by atoms with E-state index < -0.39 is 0 Å². The third-order valence-electron chi connectivity index (χ3n) is 4.07. The van der Waals surface area contributed by atoms with Crippen molar-refractivity contribution in [3.63, 3.8) is 0 Å². The summed E-state index contributed by atoms with van der Waals surface area (Å²) in [7, 11) is 0. The maximum atomic E-state index is 9.28. The molecular formula is C13H19NO2. The summed E-state index contributed by atoms with van der Waals surface area (Å²) in [6.07, 6.45) is 7.59. The van der Waals surface area contributed by atoms with Crippen molar-refractivity contribution >= 4 is 0 Å². The van der Waals surface area contributed by atoms with E-state index in [1.54, 1.807) is 6.26 Å². The van der Waals surface area contributed by atoms with Crippen molar-refractivity contribution in [2.24, 2.45) is 5.41 Å². The Labute approximate surface area is 95.8 Å². The highest BCUT2D eigenvalue weighted by atomic mass is 16.3. The molecule has 2 aliphatic carbocycles. The van der Waals surface area contributed by atoms with Gasteiger partial charge in [-0.3, -0.25) is 0 Å². The van der Waals surface area contributed by atoms with Gasteiger partial charge in [-0.25, -0.2) is 0 Å². The fourth-order valence-corrected chi connectivity index (χ4v) is 2.61. The molecular weight excluding hydrogens is 202 g/mol. The molecule has 0 amide bonds. The molecule has 0 radical (unpaired) electrons. The van der Waals surface area contributed by atoms with Crippen molar-refractivity contribution in [1.29, 1.82) is 0 Å². The van der Waals surface area contributed by atoms with Gasteiger partial charge in [0.25, 0.3) is 0 Å². The van der Waals surface area contributed by atoms with Gasteiger partial charge < -0.3 is 14.8 Å². The molecule has 0 aliphatic heterocycles. The van der Waals surface area contributed by atoms with Crippen LogP contribution in [0.3, 0.4) is 0 Å². The second-order valence-electron chi connectivity index (χ2n) is 5.28. The van der Waals surface area contributed by atoms with Gasteiger partial charge in [0.2, 0.25) is 0 Å². The fraction of sp³-hybridized carbons (Fsp3) is 0.692. The minimum atomic E-state index is 0.196. The van der Waals surface area contributed by atoms with Crippen LogP contribution in [0.25, 0.3) is 0 Å². The Morgan fingerprint density at radius 3 is 3.12 bits per heavy atom. The number of hydrogen-bond acceptors (Lipinski definition) is 3. The number of fused-ring (bicyclic) bond motifs is 1. The second-order valence-corrected chi connectivity index (χ2v) is 5.28.